The van der Waals surface area contributed by atoms with Crippen LogP contribution in [0.4, 0.5) is 0 Å². The number of imidazole rings is 1. The van der Waals surface area contributed by atoms with Crippen LogP contribution in [0.15, 0.2) is 29.8 Å². The van der Waals surface area contributed by atoms with Crippen molar-refractivity contribution in [2.24, 2.45) is 0 Å². The van der Waals surface area contributed by atoms with Gasteiger partial charge in [0.15, 0.2) is 0 Å². The molecule has 0 aliphatic rings. The molecule has 0 atom stereocenters. The quantitative estimate of drug-likeness (QED) is 0.675. The zero-order chi connectivity index (χ0) is 11.5. The van der Waals surface area contributed by atoms with Gasteiger partial charge in [-0.2, -0.15) is 10.5 Å². The highest BCUT2D eigenvalue weighted by molar-refractivity contribution is 5.78. The van der Waals surface area contributed by atoms with Gasteiger partial charge in [-0.05, 0) is 19.1 Å². The normalized spacial score (nSPS) is 9.44. The SMILES string of the molecule is Cc1nc2ccccc2n1C=C(C#N)C#N. The van der Waals surface area contributed by atoms with Crippen LogP contribution in [0.25, 0.3) is 17.2 Å². The molecule has 0 spiro atoms. The van der Waals surface area contributed by atoms with Gasteiger partial charge in [0.2, 0.25) is 0 Å². The highest BCUT2D eigenvalue weighted by Crippen LogP contribution is 2.16. The van der Waals surface area contributed by atoms with Crippen molar-refractivity contribution in [2.45, 2.75) is 6.92 Å². The van der Waals surface area contributed by atoms with Gasteiger partial charge in [-0.15, -0.1) is 0 Å². The number of hydrogen-bond acceptors (Lipinski definition) is 3. The van der Waals surface area contributed by atoms with Crippen molar-refractivity contribution in [3.63, 3.8) is 0 Å². The van der Waals surface area contributed by atoms with Crippen LogP contribution in [0.2, 0.25) is 0 Å². The fourth-order valence-corrected chi connectivity index (χ4v) is 1.54. The molecule has 4 heteroatoms. The van der Waals surface area contributed by atoms with Gasteiger partial charge in [0.1, 0.15) is 23.5 Å². The van der Waals surface area contributed by atoms with Crippen LogP contribution in [0.5, 0.6) is 0 Å². The van der Waals surface area contributed by atoms with Crippen LogP contribution in [-0.4, -0.2) is 9.55 Å². The Hall–Kier alpha value is -2.59. The van der Waals surface area contributed by atoms with E-state index in [1.165, 1.54) is 6.20 Å². The van der Waals surface area contributed by atoms with E-state index in [4.69, 9.17) is 10.5 Å². The number of benzene rings is 1. The highest BCUT2D eigenvalue weighted by atomic mass is 15.1. The smallest absolute Gasteiger partial charge is 0.146 e. The van der Waals surface area contributed by atoms with E-state index in [0.717, 1.165) is 16.9 Å². The Morgan fingerprint density at radius 3 is 2.69 bits per heavy atom. The number of fused-ring (bicyclic) bond motifs is 1. The molecule has 1 aromatic carbocycles. The van der Waals surface area contributed by atoms with E-state index in [2.05, 4.69) is 4.98 Å². The molecule has 2 aromatic rings. The van der Waals surface area contributed by atoms with Gasteiger partial charge in [-0.1, -0.05) is 12.1 Å². The Labute approximate surface area is 92.7 Å². The molecule has 0 saturated carbocycles. The molecule has 0 fully saturated rings. The lowest BCUT2D eigenvalue weighted by atomic mass is 10.3. The Morgan fingerprint density at radius 2 is 2.00 bits per heavy atom. The van der Waals surface area contributed by atoms with Gasteiger partial charge in [0, 0.05) is 6.20 Å². The van der Waals surface area contributed by atoms with E-state index in [1.54, 1.807) is 4.57 Å². The van der Waals surface area contributed by atoms with Crippen LogP contribution in [0.1, 0.15) is 5.82 Å². The Kier molecular flexibility index (Phi) is 2.41. The van der Waals surface area contributed by atoms with E-state index in [-0.39, 0.29) is 5.57 Å². The molecule has 0 unspecified atom stereocenters. The molecular weight excluding hydrogens is 200 g/mol. The largest absolute Gasteiger partial charge is 0.301 e. The summed E-state index contributed by atoms with van der Waals surface area (Å²) in [5, 5.41) is 17.4. The van der Waals surface area contributed by atoms with Crippen molar-refractivity contribution in [3.05, 3.63) is 35.7 Å². The fourth-order valence-electron chi connectivity index (χ4n) is 1.54. The predicted octanol–water partition coefficient (Wildman–Crippen LogP) is 2.23. The number of aromatic nitrogens is 2. The molecule has 4 nitrogen and oxygen atoms in total. The summed E-state index contributed by atoms with van der Waals surface area (Å²) >= 11 is 0. The molecule has 0 N–H and O–H groups in total. The molecule has 0 aliphatic carbocycles. The lowest BCUT2D eigenvalue weighted by Gasteiger charge is -1.97. The first kappa shape index (κ1) is 9.95. The molecule has 0 amide bonds. The lowest BCUT2D eigenvalue weighted by molar-refractivity contribution is 1.05. The van der Waals surface area contributed by atoms with Gasteiger partial charge >= 0.3 is 0 Å². The van der Waals surface area contributed by atoms with Crippen molar-refractivity contribution in [1.29, 1.82) is 10.5 Å². The first-order valence-corrected chi connectivity index (χ1v) is 4.72. The maximum atomic E-state index is 8.71. The van der Waals surface area contributed by atoms with Crippen LogP contribution < -0.4 is 0 Å². The highest BCUT2D eigenvalue weighted by Gasteiger charge is 2.05. The molecule has 0 aliphatic heterocycles. The van der Waals surface area contributed by atoms with E-state index in [0.29, 0.717) is 0 Å². The minimum atomic E-state index is 0.0613. The summed E-state index contributed by atoms with van der Waals surface area (Å²) in [6.07, 6.45) is 1.50. The Bertz CT molecular complexity index is 634. The maximum absolute atomic E-state index is 8.71. The second-order valence-corrected chi connectivity index (χ2v) is 3.28. The summed E-state index contributed by atoms with van der Waals surface area (Å²) in [5.74, 6) is 0.754. The summed E-state index contributed by atoms with van der Waals surface area (Å²) < 4.78 is 1.75. The number of aryl methyl sites for hydroxylation is 1. The van der Waals surface area contributed by atoms with Crippen LogP contribution in [0, 0.1) is 29.6 Å². The Morgan fingerprint density at radius 1 is 1.31 bits per heavy atom. The molecule has 0 radical (unpaired) electrons. The number of nitriles is 2. The summed E-state index contributed by atoms with van der Waals surface area (Å²) in [4.78, 5) is 4.33. The summed E-state index contributed by atoms with van der Waals surface area (Å²) in [6, 6.07) is 11.3. The van der Waals surface area contributed by atoms with Crippen LogP contribution in [-0.2, 0) is 0 Å². The number of hydrogen-bond donors (Lipinski definition) is 0. The first-order chi connectivity index (χ1) is 7.76. The summed E-state index contributed by atoms with van der Waals surface area (Å²) in [5.41, 5.74) is 1.81. The molecule has 0 saturated heterocycles. The van der Waals surface area contributed by atoms with Gasteiger partial charge in [-0.25, -0.2) is 4.98 Å². The summed E-state index contributed by atoms with van der Waals surface area (Å²) in [7, 11) is 0. The fraction of sp³-hybridized carbons (Fsp3) is 0.0833. The average molecular weight is 208 g/mol. The number of para-hydroxylation sites is 2. The van der Waals surface area contributed by atoms with Crippen molar-refractivity contribution >= 4 is 17.2 Å². The van der Waals surface area contributed by atoms with Gasteiger partial charge < -0.3 is 4.57 Å². The molecule has 0 bridgehead atoms. The minimum Gasteiger partial charge on any atom is -0.301 e. The topological polar surface area (TPSA) is 65.4 Å². The van der Waals surface area contributed by atoms with Gasteiger partial charge in [0.05, 0.1) is 11.0 Å². The van der Waals surface area contributed by atoms with E-state index in [9.17, 15) is 0 Å². The number of rotatable bonds is 1. The second kappa shape index (κ2) is 3.88. The number of allylic oxidation sites excluding steroid dienone is 1. The molecule has 1 aromatic heterocycles. The molecule has 16 heavy (non-hydrogen) atoms. The summed E-state index contributed by atoms with van der Waals surface area (Å²) in [6.45, 7) is 1.84. The monoisotopic (exact) mass is 208 g/mol. The average Bonchev–Trinajstić information content (AvgIpc) is 2.62. The van der Waals surface area contributed by atoms with Crippen molar-refractivity contribution < 1.29 is 0 Å². The molecule has 76 valence electrons. The van der Waals surface area contributed by atoms with E-state index in [1.807, 2.05) is 43.3 Å². The van der Waals surface area contributed by atoms with Crippen molar-refractivity contribution in [1.82, 2.24) is 9.55 Å². The first-order valence-electron chi connectivity index (χ1n) is 4.72. The van der Waals surface area contributed by atoms with Crippen molar-refractivity contribution in [3.8, 4) is 12.1 Å². The minimum absolute atomic E-state index is 0.0613. The zero-order valence-electron chi connectivity index (χ0n) is 8.68. The van der Waals surface area contributed by atoms with E-state index < -0.39 is 0 Å². The third-order valence-electron chi connectivity index (χ3n) is 2.27. The second-order valence-electron chi connectivity index (χ2n) is 3.28. The molecule has 1 heterocycles. The predicted molar refractivity (Wildman–Crippen MR) is 60.0 cm³/mol. The third kappa shape index (κ3) is 1.53. The van der Waals surface area contributed by atoms with Crippen LogP contribution >= 0.6 is 0 Å². The maximum Gasteiger partial charge on any atom is 0.146 e. The third-order valence-corrected chi connectivity index (χ3v) is 2.27. The number of nitrogens with zero attached hydrogens (tertiary/aromatic N) is 4. The van der Waals surface area contributed by atoms with Gasteiger partial charge in [0.25, 0.3) is 0 Å². The standard InChI is InChI=1S/C12H8N4/c1-9-15-11-4-2-3-5-12(11)16(9)8-10(6-13)7-14/h2-5,8H,1H3. The molecule has 2 rings (SSSR count). The van der Waals surface area contributed by atoms with Gasteiger partial charge in [-0.3, -0.25) is 0 Å². The lowest BCUT2D eigenvalue weighted by Crippen LogP contribution is -1.91. The molecular formula is C12H8N4. The van der Waals surface area contributed by atoms with E-state index >= 15 is 0 Å². The Balaban J connectivity index is 2.71. The van der Waals surface area contributed by atoms with Crippen molar-refractivity contribution in [2.75, 3.05) is 0 Å². The zero-order valence-corrected chi connectivity index (χ0v) is 8.68. The van der Waals surface area contributed by atoms with Crippen LogP contribution in [0.3, 0.4) is 0 Å².